The van der Waals surface area contributed by atoms with Gasteiger partial charge in [-0.15, -0.1) is 0 Å². The Morgan fingerprint density at radius 2 is 2.04 bits per heavy atom. The zero-order valence-corrected chi connectivity index (χ0v) is 14.3. The smallest absolute Gasteiger partial charge is 0.354 e. The molecule has 0 radical (unpaired) electrons. The molecule has 1 N–H and O–H groups in total. The van der Waals surface area contributed by atoms with Crippen molar-refractivity contribution in [3.05, 3.63) is 15.9 Å². The van der Waals surface area contributed by atoms with Crippen LogP contribution < -0.4 is 5.32 Å². The fourth-order valence-corrected chi connectivity index (χ4v) is 3.11. The van der Waals surface area contributed by atoms with E-state index in [1.54, 1.807) is 0 Å². The molecule has 0 aliphatic heterocycles. The van der Waals surface area contributed by atoms with E-state index in [-0.39, 0.29) is 29.9 Å². The van der Waals surface area contributed by atoms with Crippen LogP contribution in [0.5, 0.6) is 0 Å². The summed E-state index contributed by atoms with van der Waals surface area (Å²) in [6.45, 7) is -0.0695. The van der Waals surface area contributed by atoms with Gasteiger partial charge in [0.05, 0.1) is 10.2 Å². The number of alkyl halides is 3. The Kier molecular flexibility index (Phi) is 5.72. The fraction of sp³-hybridized carbons (Fsp3) is 0.615. The van der Waals surface area contributed by atoms with Gasteiger partial charge in [-0.1, -0.05) is 0 Å². The Labute approximate surface area is 143 Å². The molecule has 1 fully saturated rings. The molecule has 5 nitrogen and oxygen atoms in total. The Hall–Kier alpha value is -1.09. The van der Waals surface area contributed by atoms with E-state index < -0.39 is 23.0 Å². The van der Waals surface area contributed by atoms with E-state index in [9.17, 15) is 22.8 Å². The molecule has 10 heteroatoms. The lowest BCUT2D eigenvalue weighted by Crippen LogP contribution is -2.29. The number of rotatable bonds is 7. The monoisotopic (exact) mass is 415 g/mol. The summed E-state index contributed by atoms with van der Waals surface area (Å²) in [5, 5.41) is 5.58. The maximum absolute atomic E-state index is 12.9. The maximum Gasteiger partial charge on any atom is 0.436 e. The third-order valence-electron chi connectivity index (χ3n) is 3.33. The van der Waals surface area contributed by atoms with Crippen LogP contribution in [-0.2, 0) is 22.3 Å². The quantitative estimate of drug-likeness (QED) is 0.548. The number of nitrogens with one attached hydrogen (secondary N) is 1. The van der Waals surface area contributed by atoms with Gasteiger partial charge in [-0.2, -0.15) is 18.3 Å². The average Bonchev–Trinajstić information content (AvgIpc) is 3.19. The predicted octanol–water partition coefficient (Wildman–Crippen LogP) is 3.20. The van der Waals surface area contributed by atoms with Gasteiger partial charge in [-0.25, -0.2) is 0 Å². The van der Waals surface area contributed by atoms with E-state index in [0.29, 0.717) is 12.1 Å². The Balaban J connectivity index is 2.04. The summed E-state index contributed by atoms with van der Waals surface area (Å²) in [6, 6.07) is 0. The van der Waals surface area contributed by atoms with Gasteiger partial charge in [0.2, 0.25) is 11.1 Å². The lowest BCUT2D eigenvalue weighted by Gasteiger charge is -2.08. The minimum Gasteiger partial charge on any atom is -0.354 e. The van der Waals surface area contributed by atoms with Crippen molar-refractivity contribution in [3.63, 3.8) is 0 Å². The number of nitrogens with zero attached hydrogens (tertiary/aromatic N) is 2. The molecule has 1 amide bonds. The number of aromatic nitrogens is 2. The van der Waals surface area contributed by atoms with Crippen LogP contribution in [0.1, 0.15) is 43.0 Å². The second kappa shape index (κ2) is 7.21. The Morgan fingerprint density at radius 1 is 1.39 bits per heavy atom. The molecule has 1 aliphatic rings. The van der Waals surface area contributed by atoms with Gasteiger partial charge in [0.1, 0.15) is 6.54 Å². The zero-order chi connectivity index (χ0) is 17.2. The van der Waals surface area contributed by atoms with E-state index in [1.165, 1.54) is 0 Å². The number of carbonyl (C=O) groups excluding carboxylic acids is 2. The van der Waals surface area contributed by atoms with Crippen molar-refractivity contribution in [3.8, 4) is 0 Å². The van der Waals surface area contributed by atoms with Crippen molar-refractivity contribution in [2.24, 2.45) is 0 Å². The summed E-state index contributed by atoms with van der Waals surface area (Å²) in [6.07, 6.45) is -2.52. The highest BCUT2D eigenvalue weighted by Crippen LogP contribution is 2.46. The molecule has 1 aromatic heterocycles. The van der Waals surface area contributed by atoms with Gasteiger partial charge < -0.3 is 5.32 Å². The Bertz CT molecular complexity index is 614. The standard InChI is InChI=1S/C13H14BrClF3N3O2/c14-10-11(7-3-4-7)21(20-12(10)13(16,17)18)6-9(23)19-5-1-2-8(15)22/h7H,1-6H2,(H,19,23). The summed E-state index contributed by atoms with van der Waals surface area (Å²) in [5.74, 6) is -0.465. The number of hydrogen-bond donors (Lipinski definition) is 1. The van der Waals surface area contributed by atoms with Crippen LogP contribution in [0.25, 0.3) is 0 Å². The molecule has 0 unspecified atom stereocenters. The summed E-state index contributed by atoms with van der Waals surface area (Å²) in [5.41, 5.74) is -0.608. The lowest BCUT2D eigenvalue weighted by atomic mass is 10.2. The van der Waals surface area contributed by atoms with Gasteiger partial charge >= 0.3 is 6.18 Å². The van der Waals surface area contributed by atoms with E-state index in [1.807, 2.05) is 0 Å². The van der Waals surface area contributed by atoms with Crippen molar-refractivity contribution >= 4 is 38.7 Å². The highest BCUT2D eigenvalue weighted by molar-refractivity contribution is 9.10. The highest BCUT2D eigenvalue weighted by Gasteiger charge is 2.41. The van der Waals surface area contributed by atoms with E-state index in [2.05, 4.69) is 26.3 Å². The second-order valence-electron chi connectivity index (χ2n) is 5.29. The molecule has 1 saturated carbocycles. The SMILES string of the molecule is O=C(Cl)CCCNC(=O)Cn1nc(C(F)(F)F)c(Br)c1C1CC1. The minimum absolute atomic E-state index is 0.00496. The van der Waals surface area contributed by atoms with Crippen LogP contribution >= 0.6 is 27.5 Å². The van der Waals surface area contributed by atoms with Crippen LogP contribution in [0, 0.1) is 0 Å². The molecule has 1 aliphatic carbocycles. The van der Waals surface area contributed by atoms with Crippen molar-refractivity contribution < 1.29 is 22.8 Å². The largest absolute Gasteiger partial charge is 0.436 e. The first kappa shape index (κ1) is 18.3. The molecule has 0 aromatic carbocycles. The van der Waals surface area contributed by atoms with Crippen LogP contribution in [0.2, 0.25) is 0 Å². The molecule has 23 heavy (non-hydrogen) atoms. The van der Waals surface area contributed by atoms with Gasteiger partial charge in [-0.05, 0) is 46.8 Å². The van der Waals surface area contributed by atoms with Gasteiger partial charge in [0, 0.05) is 18.9 Å². The molecular weight excluding hydrogens is 403 g/mol. The van der Waals surface area contributed by atoms with Crippen LogP contribution in [0.4, 0.5) is 13.2 Å². The molecular formula is C13H14BrClF3N3O2. The molecule has 0 atom stereocenters. The molecule has 0 spiro atoms. The Morgan fingerprint density at radius 3 is 2.57 bits per heavy atom. The maximum atomic E-state index is 12.9. The molecule has 1 heterocycles. The number of amides is 1. The molecule has 1 aromatic rings. The topological polar surface area (TPSA) is 64.0 Å². The van der Waals surface area contributed by atoms with E-state index >= 15 is 0 Å². The normalized spacial score (nSPS) is 14.8. The highest BCUT2D eigenvalue weighted by atomic mass is 79.9. The van der Waals surface area contributed by atoms with Crippen molar-refractivity contribution in [1.29, 1.82) is 0 Å². The van der Waals surface area contributed by atoms with Gasteiger partial charge in [0.25, 0.3) is 0 Å². The van der Waals surface area contributed by atoms with Crippen LogP contribution in [0.15, 0.2) is 4.47 Å². The molecule has 0 bridgehead atoms. The lowest BCUT2D eigenvalue weighted by molar-refractivity contribution is -0.142. The molecule has 128 valence electrons. The molecule has 0 saturated heterocycles. The van der Waals surface area contributed by atoms with Gasteiger partial charge in [-0.3, -0.25) is 14.3 Å². The summed E-state index contributed by atoms with van der Waals surface area (Å²) >= 11 is 8.13. The van der Waals surface area contributed by atoms with Crippen LogP contribution in [0.3, 0.4) is 0 Å². The summed E-state index contributed by atoms with van der Waals surface area (Å²) in [4.78, 5) is 22.4. The fourth-order valence-electron chi connectivity index (χ4n) is 2.15. The van der Waals surface area contributed by atoms with Gasteiger partial charge in [0.15, 0.2) is 5.69 Å². The van der Waals surface area contributed by atoms with Crippen LogP contribution in [-0.4, -0.2) is 27.5 Å². The zero-order valence-electron chi connectivity index (χ0n) is 11.9. The first-order valence-electron chi connectivity index (χ1n) is 6.98. The minimum atomic E-state index is -4.58. The second-order valence-corrected chi connectivity index (χ2v) is 6.50. The molecule has 2 rings (SSSR count). The predicted molar refractivity (Wildman–Crippen MR) is 80.0 cm³/mol. The van der Waals surface area contributed by atoms with E-state index in [4.69, 9.17) is 11.6 Å². The first-order valence-corrected chi connectivity index (χ1v) is 8.15. The summed E-state index contributed by atoms with van der Waals surface area (Å²) < 4.78 is 39.8. The number of carbonyl (C=O) groups is 2. The number of halogens is 5. The third-order valence-corrected chi connectivity index (χ3v) is 4.30. The average molecular weight is 417 g/mol. The number of hydrogen-bond acceptors (Lipinski definition) is 3. The third kappa shape index (κ3) is 4.94. The summed E-state index contributed by atoms with van der Waals surface area (Å²) in [7, 11) is 0. The van der Waals surface area contributed by atoms with Crippen molar-refractivity contribution in [2.75, 3.05) is 6.54 Å². The van der Waals surface area contributed by atoms with E-state index in [0.717, 1.165) is 17.5 Å². The van der Waals surface area contributed by atoms with Crippen molar-refractivity contribution in [2.45, 2.75) is 44.3 Å². The first-order chi connectivity index (χ1) is 10.7. The van der Waals surface area contributed by atoms with Crippen molar-refractivity contribution in [1.82, 2.24) is 15.1 Å².